The van der Waals surface area contributed by atoms with Crippen LogP contribution in [-0.2, 0) is 6.54 Å². The van der Waals surface area contributed by atoms with Crippen LogP contribution in [0.4, 0.5) is 5.69 Å². The van der Waals surface area contributed by atoms with Gasteiger partial charge in [0.15, 0.2) is 5.69 Å². The maximum atomic E-state index is 11.4. The molecule has 13 heavy (non-hydrogen) atoms. The zero-order valence-electron chi connectivity index (χ0n) is 7.09. The molecule has 1 aromatic rings. The fourth-order valence-electron chi connectivity index (χ4n) is 1.45. The number of carbonyl (C=O) groups excluding carboxylic acids is 1. The molecule has 0 bridgehead atoms. The molecule has 0 saturated carbocycles. The molecule has 0 saturated heterocycles. The quantitative estimate of drug-likeness (QED) is 0.650. The highest BCUT2D eigenvalue weighted by molar-refractivity contribution is 6.25. The third-order valence-corrected chi connectivity index (χ3v) is 2.24. The fourth-order valence-corrected chi connectivity index (χ4v) is 1.67. The van der Waals surface area contributed by atoms with Gasteiger partial charge in [0, 0.05) is 18.3 Å². The summed E-state index contributed by atoms with van der Waals surface area (Å²) in [4.78, 5) is 13.9. The number of hydrogen-bond donors (Lipinski definition) is 2. The van der Waals surface area contributed by atoms with Crippen molar-refractivity contribution in [3.05, 3.63) is 11.4 Å². The molecule has 0 fully saturated rings. The van der Waals surface area contributed by atoms with Crippen molar-refractivity contribution < 1.29 is 4.79 Å². The molecule has 6 heteroatoms. The maximum Gasteiger partial charge on any atom is 0.271 e. The number of rotatable bonds is 1. The molecule has 0 atom stereocenters. The van der Waals surface area contributed by atoms with Crippen LogP contribution in [0.2, 0.25) is 0 Å². The highest BCUT2D eigenvalue weighted by Crippen LogP contribution is 2.22. The summed E-state index contributed by atoms with van der Waals surface area (Å²) in [5.74, 6) is -0.130. The number of halogens is 1. The minimum atomic E-state index is -0.130. The predicted octanol–water partition coefficient (Wildman–Crippen LogP) is 0.501. The number of anilines is 1. The summed E-state index contributed by atoms with van der Waals surface area (Å²) in [5.41, 5.74) is 1.85. The Kier molecular flexibility index (Phi) is 1.88. The molecule has 2 rings (SSSR count). The lowest BCUT2D eigenvalue weighted by molar-refractivity contribution is 0.0925. The van der Waals surface area contributed by atoms with Gasteiger partial charge in [-0.05, 0) is 6.92 Å². The molecule has 0 spiro atoms. The minimum Gasteiger partial charge on any atom is -0.349 e. The van der Waals surface area contributed by atoms with Gasteiger partial charge in [0.05, 0.1) is 12.2 Å². The van der Waals surface area contributed by atoms with Crippen LogP contribution in [0, 0.1) is 6.92 Å². The van der Waals surface area contributed by atoms with Crippen LogP contribution in [0.5, 0.6) is 0 Å². The topological polar surface area (TPSA) is 59.0 Å². The van der Waals surface area contributed by atoms with E-state index in [1.165, 1.54) is 0 Å². The smallest absolute Gasteiger partial charge is 0.271 e. The van der Waals surface area contributed by atoms with Gasteiger partial charge in [-0.3, -0.25) is 14.3 Å². The molecule has 2 heterocycles. The van der Waals surface area contributed by atoms with Gasteiger partial charge in [-0.15, -0.1) is 0 Å². The Hall–Kier alpha value is -1.23. The molecule has 2 N–H and O–H groups in total. The van der Waals surface area contributed by atoms with Crippen molar-refractivity contribution in [1.82, 2.24) is 15.1 Å². The van der Waals surface area contributed by atoms with Crippen LogP contribution in [0.25, 0.3) is 0 Å². The monoisotopic (exact) mass is 200 g/mol. The van der Waals surface area contributed by atoms with Crippen LogP contribution in [0.3, 0.4) is 0 Å². The number of nitrogens with one attached hydrogen (secondary N) is 2. The normalized spacial score (nSPS) is 15.1. The summed E-state index contributed by atoms with van der Waals surface area (Å²) < 4.78 is 1.67. The van der Waals surface area contributed by atoms with E-state index in [0.29, 0.717) is 24.5 Å². The van der Waals surface area contributed by atoms with Crippen LogP contribution >= 0.6 is 11.8 Å². The van der Waals surface area contributed by atoms with Gasteiger partial charge in [0.2, 0.25) is 0 Å². The van der Waals surface area contributed by atoms with E-state index in [4.69, 9.17) is 11.8 Å². The molecule has 0 radical (unpaired) electrons. The van der Waals surface area contributed by atoms with Gasteiger partial charge >= 0.3 is 0 Å². The maximum absolute atomic E-state index is 11.4. The zero-order valence-corrected chi connectivity index (χ0v) is 7.85. The first-order valence-corrected chi connectivity index (χ1v) is 4.34. The van der Waals surface area contributed by atoms with E-state index in [1.807, 2.05) is 6.92 Å². The first kappa shape index (κ1) is 8.37. The van der Waals surface area contributed by atoms with E-state index in [1.54, 1.807) is 4.68 Å². The Morgan fingerprint density at radius 1 is 1.69 bits per heavy atom. The molecule has 0 aromatic carbocycles. The number of carbonyl (C=O) groups is 1. The van der Waals surface area contributed by atoms with Gasteiger partial charge in [0.1, 0.15) is 5.69 Å². The van der Waals surface area contributed by atoms with Crippen LogP contribution in [0.15, 0.2) is 0 Å². The average Bonchev–Trinajstić information content (AvgIpc) is 2.42. The van der Waals surface area contributed by atoms with Crippen LogP contribution in [0.1, 0.15) is 16.2 Å². The summed E-state index contributed by atoms with van der Waals surface area (Å²) >= 11 is 5.49. The summed E-state index contributed by atoms with van der Waals surface area (Å²) in [7, 11) is 0. The number of fused-ring (bicyclic) bond motifs is 1. The number of amides is 1. The molecule has 0 unspecified atom stereocenters. The lowest BCUT2D eigenvalue weighted by atomic mass is 10.2. The Morgan fingerprint density at radius 3 is 3.15 bits per heavy atom. The summed E-state index contributed by atoms with van der Waals surface area (Å²) in [6.45, 7) is 3.12. The molecule has 70 valence electrons. The number of hydrogen-bond acceptors (Lipinski definition) is 3. The Labute approximate surface area is 80.2 Å². The van der Waals surface area contributed by atoms with E-state index in [2.05, 4.69) is 15.3 Å². The largest absolute Gasteiger partial charge is 0.349 e. The lowest BCUT2D eigenvalue weighted by Crippen LogP contribution is -2.35. The van der Waals surface area contributed by atoms with Gasteiger partial charge in [-0.25, -0.2) is 0 Å². The molecular formula is C7H9ClN4O. The van der Waals surface area contributed by atoms with E-state index in [0.717, 1.165) is 5.69 Å². The number of aromatic nitrogens is 2. The highest BCUT2D eigenvalue weighted by atomic mass is 35.5. The second-order valence-corrected chi connectivity index (χ2v) is 3.07. The first-order valence-electron chi connectivity index (χ1n) is 3.96. The lowest BCUT2D eigenvalue weighted by Gasteiger charge is -2.14. The average molecular weight is 201 g/mol. The molecule has 1 aliphatic rings. The molecular weight excluding hydrogens is 192 g/mol. The number of aryl methyl sites for hydroxylation is 1. The van der Waals surface area contributed by atoms with Crippen molar-refractivity contribution in [3.8, 4) is 0 Å². The molecule has 1 amide bonds. The van der Waals surface area contributed by atoms with Crippen molar-refractivity contribution >= 4 is 23.4 Å². The van der Waals surface area contributed by atoms with Gasteiger partial charge < -0.3 is 5.32 Å². The summed E-state index contributed by atoms with van der Waals surface area (Å²) in [6.07, 6.45) is 0. The molecule has 5 nitrogen and oxygen atoms in total. The summed E-state index contributed by atoms with van der Waals surface area (Å²) in [5, 5.41) is 6.91. The van der Waals surface area contributed by atoms with E-state index in [9.17, 15) is 4.79 Å². The molecule has 1 aliphatic heterocycles. The Balaban J connectivity index is 2.58. The van der Waals surface area contributed by atoms with Gasteiger partial charge in [-0.1, -0.05) is 0 Å². The molecule has 1 aromatic heterocycles. The second-order valence-electron chi connectivity index (χ2n) is 2.88. The van der Waals surface area contributed by atoms with Gasteiger partial charge in [0.25, 0.3) is 5.91 Å². The first-order chi connectivity index (χ1) is 6.24. The van der Waals surface area contributed by atoms with Crippen molar-refractivity contribution in [2.75, 3.05) is 11.4 Å². The van der Waals surface area contributed by atoms with E-state index >= 15 is 0 Å². The van der Waals surface area contributed by atoms with Crippen molar-refractivity contribution in [2.45, 2.75) is 13.5 Å². The third-order valence-electron chi connectivity index (χ3n) is 2.05. The van der Waals surface area contributed by atoms with Gasteiger partial charge in [-0.2, -0.15) is 5.10 Å². The fraction of sp³-hybridized carbons (Fsp3) is 0.429. The van der Waals surface area contributed by atoms with Crippen LogP contribution < -0.4 is 10.2 Å². The highest BCUT2D eigenvalue weighted by Gasteiger charge is 2.24. The minimum absolute atomic E-state index is 0.130. The summed E-state index contributed by atoms with van der Waals surface area (Å²) in [6, 6.07) is 0. The second kappa shape index (κ2) is 2.92. The van der Waals surface area contributed by atoms with E-state index < -0.39 is 0 Å². The number of nitrogens with zero attached hydrogens (tertiary/aromatic N) is 2. The van der Waals surface area contributed by atoms with Crippen molar-refractivity contribution in [2.24, 2.45) is 0 Å². The van der Waals surface area contributed by atoms with Crippen LogP contribution in [-0.4, -0.2) is 22.2 Å². The SMILES string of the molecule is Cc1nn2c(c1NCl)C(=O)NCC2. The van der Waals surface area contributed by atoms with Crippen molar-refractivity contribution in [3.63, 3.8) is 0 Å². The van der Waals surface area contributed by atoms with Crippen molar-refractivity contribution in [1.29, 1.82) is 0 Å². The molecule has 0 aliphatic carbocycles. The Morgan fingerprint density at radius 2 is 2.46 bits per heavy atom. The Bertz CT molecular complexity index is 360. The van der Waals surface area contributed by atoms with E-state index in [-0.39, 0.29) is 5.91 Å². The predicted molar refractivity (Wildman–Crippen MR) is 48.8 cm³/mol. The zero-order chi connectivity index (χ0) is 9.42. The third kappa shape index (κ3) is 1.16. The standard InChI is InChI=1S/C7H9ClN4O/c1-4-5(10-8)6-7(13)9-2-3-12(6)11-4/h10H,2-3H2,1H3,(H,9,13).